The monoisotopic (exact) mass is 452 g/mol. The Hall–Kier alpha value is -1.80. The van der Waals surface area contributed by atoms with E-state index in [2.05, 4.69) is 63.9 Å². The number of nitrogens with zero attached hydrogens (tertiary/aromatic N) is 1. The lowest BCUT2D eigenvalue weighted by atomic mass is 9.47. The van der Waals surface area contributed by atoms with E-state index in [-0.39, 0.29) is 0 Å². The molecular formula is C32H40N2. The van der Waals surface area contributed by atoms with Gasteiger partial charge in [-0.05, 0) is 130 Å². The topological polar surface area (TPSA) is 15.3 Å². The summed E-state index contributed by atoms with van der Waals surface area (Å²) in [6, 6.07) is 5.35. The molecule has 2 aromatic rings. The van der Waals surface area contributed by atoms with Gasteiger partial charge in [-0.15, -0.1) is 0 Å². The van der Waals surface area contributed by atoms with Gasteiger partial charge in [0.05, 0.1) is 6.67 Å². The SMILES string of the molecule is CCC(C)CN1CNCc2c1cc1c(c2C)C2C3CC(C12)C1c2c(cc4c(c2C)C(C)C4C)C31. The van der Waals surface area contributed by atoms with E-state index in [4.69, 9.17) is 0 Å². The zero-order valence-electron chi connectivity index (χ0n) is 21.8. The first kappa shape index (κ1) is 20.4. The van der Waals surface area contributed by atoms with Crippen molar-refractivity contribution in [3.8, 4) is 0 Å². The van der Waals surface area contributed by atoms with E-state index in [1.807, 2.05) is 0 Å². The van der Waals surface area contributed by atoms with Crippen LogP contribution in [0.25, 0.3) is 0 Å². The summed E-state index contributed by atoms with van der Waals surface area (Å²) < 4.78 is 0. The normalized spacial score (nSPS) is 37.9. The summed E-state index contributed by atoms with van der Waals surface area (Å²) in [7, 11) is 0. The van der Waals surface area contributed by atoms with Crippen molar-refractivity contribution >= 4 is 5.69 Å². The van der Waals surface area contributed by atoms with E-state index in [0.29, 0.717) is 0 Å². The highest BCUT2D eigenvalue weighted by Crippen LogP contribution is 2.80. The minimum atomic E-state index is 0.743. The van der Waals surface area contributed by atoms with Crippen LogP contribution in [-0.4, -0.2) is 13.2 Å². The van der Waals surface area contributed by atoms with Crippen LogP contribution in [0.1, 0.15) is 126 Å². The Bertz CT molecular complexity index is 1260. The molecule has 2 nitrogen and oxygen atoms in total. The predicted octanol–water partition coefficient (Wildman–Crippen LogP) is 7.15. The Kier molecular flexibility index (Phi) is 3.90. The second kappa shape index (κ2) is 6.49. The summed E-state index contributed by atoms with van der Waals surface area (Å²) in [6.45, 7) is 17.8. The van der Waals surface area contributed by atoms with Crippen LogP contribution in [0.15, 0.2) is 12.1 Å². The Morgan fingerprint density at radius 1 is 0.882 bits per heavy atom. The molecule has 9 atom stereocenters. The molecule has 2 aromatic carbocycles. The molecule has 34 heavy (non-hydrogen) atoms. The van der Waals surface area contributed by atoms with Gasteiger partial charge in [-0.3, -0.25) is 5.32 Å². The molecule has 178 valence electrons. The molecule has 9 unspecified atom stereocenters. The van der Waals surface area contributed by atoms with Crippen LogP contribution in [0.2, 0.25) is 0 Å². The molecule has 1 aliphatic heterocycles. The number of rotatable bonds is 3. The van der Waals surface area contributed by atoms with Crippen molar-refractivity contribution < 1.29 is 0 Å². The van der Waals surface area contributed by atoms with Crippen LogP contribution >= 0.6 is 0 Å². The van der Waals surface area contributed by atoms with Crippen molar-refractivity contribution in [1.29, 1.82) is 0 Å². The highest BCUT2D eigenvalue weighted by Gasteiger charge is 2.68. The zero-order chi connectivity index (χ0) is 23.2. The van der Waals surface area contributed by atoms with Crippen molar-refractivity contribution in [1.82, 2.24) is 5.32 Å². The molecule has 0 spiro atoms. The molecule has 0 radical (unpaired) electrons. The van der Waals surface area contributed by atoms with Crippen LogP contribution in [0, 0.1) is 31.6 Å². The lowest BCUT2D eigenvalue weighted by Gasteiger charge is -2.57. The standard InChI is InChI=1S/C32H40N2/c1-7-14(2)12-34-13-33-11-24-17(5)27-23(10-25(24)34)30-22-9-21(31(27)30)29-20-8-19-15(3)16(4)26(19)18(6)28(20)32(22)29/h8,10,14-16,21-22,29-33H,7,9,11-13H2,1-6H3. The zero-order valence-corrected chi connectivity index (χ0v) is 21.8. The first-order valence-electron chi connectivity index (χ1n) is 14.2. The average Bonchev–Trinajstić information content (AvgIpc) is 3.27. The molecule has 5 aliphatic carbocycles. The lowest BCUT2D eigenvalue weighted by molar-refractivity contribution is 0.225. The minimum absolute atomic E-state index is 0.743. The van der Waals surface area contributed by atoms with Crippen molar-refractivity contribution in [3.05, 3.63) is 62.2 Å². The van der Waals surface area contributed by atoms with Crippen molar-refractivity contribution in [2.75, 3.05) is 18.1 Å². The maximum absolute atomic E-state index is 3.72. The summed E-state index contributed by atoms with van der Waals surface area (Å²) in [5.41, 5.74) is 17.0. The van der Waals surface area contributed by atoms with E-state index in [1.165, 1.54) is 19.4 Å². The Balaban J connectivity index is 1.20. The molecule has 2 saturated carbocycles. The van der Waals surface area contributed by atoms with Crippen LogP contribution < -0.4 is 10.2 Å². The second-order valence-electron chi connectivity index (χ2n) is 13.1. The lowest BCUT2D eigenvalue weighted by Crippen LogP contribution is -2.45. The molecule has 2 bridgehead atoms. The van der Waals surface area contributed by atoms with Gasteiger partial charge in [-0.25, -0.2) is 0 Å². The molecule has 0 amide bonds. The van der Waals surface area contributed by atoms with E-state index >= 15 is 0 Å². The predicted molar refractivity (Wildman–Crippen MR) is 140 cm³/mol. The Morgan fingerprint density at radius 2 is 1.56 bits per heavy atom. The summed E-state index contributed by atoms with van der Waals surface area (Å²) in [5, 5.41) is 3.72. The molecule has 0 aromatic heterocycles. The Morgan fingerprint density at radius 3 is 2.26 bits per heavy atom. The molecule has 2 heteroatoms. The molecule has 1 N–H and O–H groups in total. The van der Waals surface area contributed by atoms with Crippen LogP contribution in [-0.2, 0) is 6.54 Å². The fourth-order valence-corrected chi connectivity index (χ4v) is 10.1. The number of nitrogens with one attached hydrogen (secondary N) is 1. The van der Waals surface area contributed by atoms with Gasteiger partial charge in [0.2, 0.25) is 0 Å². The van der Waals surface area contributed by atoms with Gasteiger partial charge in [-0.1, -0.05) is 40.2 Å². The highest BCUT2D eigenvalue weighted by molar-refractivity contribution is 5.71. The summed E-state index contributed by atoms with van der Waals surface area (Å²) in [4.78, 5) is 2.65. The third-order valence-corrected chi connectivity index (χ3v) is 11.9. The fraction of sp³-hybridized carbons (Fsp3) is 0.625. The summed E-state index contributed by atoms with van der Waals surface area (Å²) >= 11 is 0. The average molecular weight is 453 g/mol. The molecule has 2 fully saturated rings. The second-order valence-corrected chi connectivity index (χ2v) is 13.1. The van der Waals surface area contributed by atoms with Gasteiger partial charge in [0, 0.05) is 18.8 Å². The smallest absolute Gasteiger partial charge is 0.0684 e. The fourth-order valence-electron chi connectivity index (χ4n) is 10.1. The molecular weight excluding hydrogens is 412 g/mol. The maximum atomic E-state index is 3.72. The molecule has 0 saturated heterocycles. The van der Waals surface area contributed by atoms with Gasteiger partial charge >= 0.3 is 0 Å². The Labute approximate surface area is 205 Å². The van der Waals surface area contributed by atoms with Crippen molar-refractivity contribution in [2.24, 2.45) is 17.8 Å². The number of fused-ring (bicyclic) bond motifs is 16. The highest BCUT2D eigenvalue weighted by atomic mass is 15.2. The van der Waals surface area contributed by atoms with Gasteiger partial charge in [0.15, 0.2) is 0 Å². The number of anilines is 1. The molecule has 6 aliphatic rings. The molecule has 1 heterocycles. The summed E-state index contributed by atoms with van der Waals surface area (Å²) in [6.07, 6.45) is 2.73. The van der Waals surface area contributed by atoms with Crippen LogP contribution in [0.5, 0.6) is 0 Å². The van der Waals surface area contributed by atoms with Gasteiger partial charge in [0.1, 0.15) is 0 Å². The van der Waals surface area contributed by atoms with Gasteiger partial charge in [0.25, 0.3) is 0 Å². The third-order valence-electron chi connectivity index (χ3n) is 11.9. The number of hydrogen-bond donors (Lipinski definition) is 1. The van der Waals surface area contributed by atoms with Gasteiger partial charge in [-0.2, -0.15) is 0 Å². The minimum Gasteiger partial charge on any atom is -0.358 e. The van der Waals surface area contributed by atoms with Crippen molar-refractivity contribution in [2.45, 2.75) is 96.4 Å². The van der Waals surface area contributed by atoms with Gasteiger partial charge < -0.3 is 4.90 Å². The molecule has 8 rings (SSSR count). The summed E-state index contributed by atoms with van der Waals surface area (Å²) in [5.74, 6) is 7.44. The maximum Gasteiger partial charge on any atom is 0.0684 e. The number of hydrogen-bond acceptors (Lipinski definition) is 2. The van der Waals surface area contributed by atoms with Crippen LogP contribution in [0.4, 0.5) is 5.69 Å². The largest absolute Gasteiger partial charge is 0.358 e. The quantitative estimate of drug-likeness (QED) is 0.498. The van der Waals surface area contributed by atoms with E-state index in [9.17, 15) is 0 Å². The first-order valence-corrected chi connectivity index (χ1v) is 14.2. The van der Waals surface area contributed by atoms with Crippen LogP contribution in [0.3, 0.4) is 0 Å². The first-order chi connectivity index (χ1) is 16.4. The van der Waals surface area contributed by atoms with Crippen molar-refractivity contribution in [3.63, 3.8) is 0 Å². The van der Waals surface area contributed by atoms with E-state index in [0.717, 1.165) is 66.5 Å². The number of benzene rings is 2. The van der Waals surface area contributed by atoms with E-state index < -0.39 is 0 Å². The third kappa shape index (κ3) is 2.12. The van der Waals surface area contributed by atoms with E-state index in [1.54, 1.807) is 55.8 Å².